The summed E-state index contributed by atoms with van der Waals surface area (Å²) in [5.74, 6) is -0.317. The molecular weight excluding hydrogens is 438 g/mol. The minimum Gasteiger partial charge on any atom is -0.444 e. The molecule has 3 aliphatic rings. The number of nitriles is 1. The Kier molecular flexibility index (Phi) is 4.66. The first-order chi connectivity index (χ1) is 15.7. The Morgan fingerprint density at radius 1 is 1.12 bits per heavy atom. The van der Waals surface area contributed by atoms with E-state index in [0.717, 1.165) is 5.56 Å². The highest BCUT2D eigenvalue weighted by molar-refractivity contribution is 6.30. The summed E-state index contributed by atoms with van der Waals surface area (Å²) in [5.41, 5.74) is 6.56. The van der Waals surface area contributed by atoms with Crippen LogP contribution in [-0.2, 0) is 26.3 Å². The van der Waals surface area contributed by atoms with Gasteiger partial charge >= 0.3 is 0 Å². The van der Waals surface area contributed by atoms with E-state index >= 15 is 0 Å². The van der Waals surface area contributed by atoms with Gasteiger partial charge in [0.25, 0.3) is 0 Å². The monoisotopic (exact) mass is 459 g/mol. The molecule has 1 aliphatic carbocycles. The molecule has 2 heterocycles. The van der Waals surface area contributed by atoms with E-state index in [0.29, 0.717) is 28.5 Å². The van der Waals surface area contributed by atoms with Crippen LogP contribution in [0.2, 0.25) is 5.02 Å². The fraction of sp³-hybridized carbons (Fsp3) is 0.269. The van der Waals surface area contributed by atoms with E-state index < -0.39 is 5.41 Å². The first-order valence-corrected chi connectivity index (χ1v) is 11.1. The van der Waals surface area contributed by atoms with Crippen LogP contribution in [0.3, 0.4) is 0 Å². The highest BCUT2D eigenvalue weighted by Crippen LogP contribution is 2.57. The molecule has 2 N–H and O–H groups in total. The second-order valence-electron chi connectivity index (χ2n) is 9.48. The second-order valence-corrected chi connectivity index (χ2v) is 9.91. The third kappa shape index (κ3) is 3.00. The van der Waals surface area contributed by atoms with Crippen molar-refractivity contribution in [2.75, 3.05) is 4.90 Å². The molecule has 2 aromatic carbocycles. The Morgan fingerprint density at radius 2 is 1.82 bits per heavy atom. The van der Waals surface area contributed by atoms with Crippen LogP contribution < -0.4 is 10.6 Å². The van der Waals surface area contributed by atoms with Crippen molar-refractivity contribution in [2.45, 2.75) is 38.6 Å². The van der Waals surface area contributed by atoms with Gasteiger partial charge in [0.1, 0.15) is 22.8 Å². The Hall–Kier alpha value is -3.56. The summed E-state index contributed by atoms with van der Waals surface area (Å²) in [7, 11) is 0. The van der Waals surface area contributed by atoms with E-state index in [1.165, 1.54) is 0 Å². The molecule has 1 atom stereocenters. The molecule has 2 aliphatic heterocycles. The van der Waals surface area contributed by atoms with Gasteiger partial charge in [0.2, 0.25) is 11.8 Å². The van der Waals surface area contributed by atoms with Crippen molar-refractivity contribution in [1.29, 1.82) is 5.26 Å². The summed E-state index contributed by atoms with van der Waals surface area (Å²) < 4.78 is 5.82. The van der Waals surface area contributed by atoms with Gasteiger partial charge in [0, 0.05) is 29.1 Å². The third-order valence-corrected chi connectivity index (χ3v) is 6.85. The number of fused-ring (bicyclic) bond motifs is 3. The van der Waals surface area contributed by atoms with Gasteiger partial charge < -0.3 is 15.4 Å². The first kappa shape index (κ1) is 21.3. The maximum atomic E-state index is 14.3. The summed E-state index contributed by atoms with van der Waals surface area (Å²) in [6.07, 6.45) is 0.698. The highest BCUT2D eigenvalue weighted by Gasteiger charge is 2.62. The number of ether oxygens (including phenoxy) is 1. The van der Waals surface area contributed by atoms with Gasteiger partial charge in [-0.2, -0.15) is 5.26 Å². The summed E-state index contributed by atoms with van der Waals surface area (Å²) >= 11 is 6.03. The van der Waals surface area contributed by atoms with E-state index in [9.17, 15) is 14.9 Å². The minimum atomic E-state index is -1.61. The number of hydrogen-bond acceptors (Lipinski definition) is 5. The Labute approximate surface area is 196 Å². The molecule has 1 spiro atoms. The molecule has 0 saturated carbocycles. The SMILES string of the molecule is CC1(C)CC(=O)C2=C(C1)OC(N)=C(C#N)[C@]21C(=O)N(Cc2ccc(Cl)cc2)c2ccccc21. The zero-order valence-corrected chi connectivity index (χ0v) is 19.1. The number of rotatable bonds is 2. The molecule has 0 fully saturated rings. The molecule has 0 unspecified atom stereocenters. The van der Waals surface area contributed by atoms with Gasteiger partial charge in [0.15, 0.2) is 5.78 Å². The van der Waals surface area contributed by atoms with Crippen molar-refractivity contribution in [3.63, 3.8) is 0 Å². The lowest BCUT2D eigenvalue weighted by Gasteiger charge is -2.41. The summed E-state index contributed by atoms with van der Waals surface area (Å²) in [6, 6.07) is 16.6. The number of nitrogens with two attached hydrogens (primary N) is 1. The van der Waals surface area contributed by atoms with Crippen LogP contribution in [-0.4, -0.2) is 11.7 Å². The molecule has 5 rings (SSSR count). The van der Waals surface area contributed by atoms with Crippen LogP contribution in [0.1, 0.15) is 37.8 Å². The predicted octanol–water partition coefficient (Wildman–Crippen LogP) is 4.49. The maximum absolute atomic E-state index is 14.3. The van der Waals surface area contributed by atoms with Crippen LogP contribution in [0.5, 0.6) is 0 Å². The standard InChI is InChI=1S/C26H22ClN3O3/c1-25(2)11-20(31)22-21(12-25)33-23(29)18(13-28)26(22)17-5-3-4-6-19(17)30(24(26)32)14-15-7-9-16(27)10-8-15/h3-10H,11-12,14,29H2,1-2H3/t26-/m0/s1. The average molecular weight is 460 g/mol. The topological polar surface area (TPSA) is 96.4 Å². The number of carbonyl (C=O) groups is 2. The van der Waals surface area contributed by atoms with Crippen molar-refractivity contribution in [3.8, 4) is 6.07 Å². The number of benzene rings is 2. The Bertz CT molecular complexity index is 1320. The number of Topliss-reactive ketones (excluding diaryl/α,β-unsaturated/α-hetero) is 1. The average Bonchev–Trinajstić information content (AvgIpc) is 2.98. The molecule has 1 amide bonds. The number of hydrogen-bond donors (Lipinski definition) is 1. The lowest BCUT2D eigenvalue weighted by atomic mass is 9.62. The largest absolute Gasteiger partial charge is 0.444 e. The number of anilines is 1. The van der Waals surface area contributed by atoms with E-state index in [-0.39, 0.29) is 47.1 Å². The molecule has 0 aromatic heterocycles. The highest BCUT2D eigenvalue weighted by atomic mass is 35.5. The smallest absolute Gasteiger partial charge is 0.248 e. The second kappa shape index (κ2) is 7.23. The summed E-state index contributed by atoms with van der Waals surface area (Å²) in [6.45, 7) is 4.21. The van der Waals surface area contributed by atoms with Gasteiger partial charge in [-0.1, -0.05) is 55.8 Å². The Balaban J connectivity index is 1.76. The number of nitrogens with zero attached hydrogens (tertiary/aromatic N) is 2. The van der Waals surface area contributed by atoms with Gasteiger partial charge in [-0.3, -0.25) is 9.59 Å². The van der Waals surface area contributed by atoms with Crippen LogP contribution >= 0.6 is 11.6 Å². The number of amides is 1. The molecule has 0 bridgehead atoms. The zero-order chi connectivity index (χ0) is 23.5. The van der Waals surface area contributed by atoms with Gasteiger partial charge in [-0.15, -0.1) is 0 Å². The van der Waals surface area contributed by atoms with Crippen molar-refractivity contribution in [3.05, 3.63) is 87.5 Å². The third-order valence-electron chi connectivity index (χ3n) is 6.60. The number of para-hydroxylation sites is 1. The lowest BCUT2D eigenvalue weighted by molar-refractivity contribution is -0.125. The molecule has 0 radical (unpaired) electrons. The fourth-order valence-corrected chi connectivity index (χ4v) is 5.39. The fourth-order valence-electron chi connectivity index (χ4n) is 5.27. The molecule has 6 nitrogen and oxygen atoms in total. The minimum absolute atomic E-state index is 0.0367. The first-order valence-electron chi connectivity index (χ1n) is 10.7. The van der Waals surface area contributed by atoms with Crippen LogP contribution in [0, 0.1) is 16.7 Å². The number of ketones is 1. The normalized spacial score (nSPS) is 23.4. The zero-order valence-electron chi connectivity index (χ0n) is 18.3. The molecule has 0 saturated heterocycles. The van der Waals surface area contributed by atoms with Gasteiger partial charge in [-0.05, 0) is 29.2 Å². The van der Waals surface area contributed by atoms with Crippen LogP contribution in [0.4, 0.5) is 5.69 Å². The molecular formula is C26H22ClN3O3. The van der Waals surface area contributed by atoms with E-state index in [1.54, 1.807) is 29.2 Å². The van der Waals surface area contributed by atoms with E-state index in [4.69, 9.17) is 22.1 Å². The van der Waals surface area contributed by atoms with E-state index in [1.807, 2.05) is 38.1 Å². The number of halogens is 1. The van der Waals surface area contributed by atoms with Crippen molar-refractivity contribution < 1.29 is 14.3 Å². The summed E-state index contributed by atoms with van der Waals surface area (Å²) in [4.78, 5) is 29.5. The Morgan fingerprint density at radius 3 is 2.52 bits per heavy atom. The van der Waals surface area contributed by atoms with Gasteiger partial charge in [0.05, 0.1) is 12.1 Å². The number of allylic oxidation sites excluding steroid dienone is 1. The molecule has 166 valence electrons. The van der Waals surface area contributed by atoms with Crippen molar-refractivity contribution in [2.24, 2.45) is 11.1 Å². The molecule has 33 heavy (non-hydrogen) atoms. The molecule has 7 heteroatoms. The quantitative estimate of drug-likeness (QED) is 0.713. The van der Waals surface area contributed by atoms with Crippen LogP contribution in [0.25, 0.3) is 0 Å². The van der Waals surface area contributed by atoms with Crippen molar-refractivity contribution in [1.82, 2.24) is 0 Å². The van der Waals surface area contributed by atoms with Crippen molar-refractivity contribution >= 4 is 29.0 Å². The maximum Gasteiger partial charge on any atom is 0.248 e. The van der Waals surface area contributed by atoms with Crippen LogP contribution in [0.15, 0.2) is 71.3 Å². The lowest BCUT2D eigenvalue weighted by Crippen LogP contribution is -2.50. The summed E-state index contributed by atoms with van der Waals surface area (Å²) in [5, 5.41) is 10.7. The van der Waals surface area contributed by atoms with Gasteiger partial charge in [-0.25, -0.2) is 0 Å². The predicted molar refractivity (Wildman–Crippen MR) is 124 cm³/mol. The van der Waals surface area contributed by atoms with E-state index in [2.05, 4.69) is 6.07 Å². The molecule has 2 aromatic rings. The number of carbonyl (C=O) groups excluding carboxylic acids is 2.